The lowest BCUT2D eigenvalue weighted by Crippen LogP contribution is -2.26. The van der Waals surface area contributed by atoms with Crippen LogP contribution in [0.5, 0.6) is 5.75 Å². The van der Waals surface area contributed by atoms with Crippen LogP contribution in [0, 0.1) is 20.8 Å². The van der Waals surface area contributed by atoms with Crippen LogP contribution < -0.4 is 15.4 Å². The molecule has 0 aliphatic heterocycles. The van der Waals surface area contributed by atoms with Gasteiger partial charge in [0.2, 0.25) is 0 Å². The first-order valence-corrected chi connectivity index (χ1v) is 8.84. The fourth-order valence-corrected chi connectivity index (χ4v) is 2.75. The van der Waals surface area contributed by atoms with Crippen LogP contribution in [0.15, 0.2) is 36.4 Å². The Morgan fingerprint density at radius 2 is 1.73 bits per heavy atom. The fourth-order valence-electron chi connectivity index (χ4n) is 2.75. The van der Waals surface area contributed by atoms with Gasteiger partial charge in [0, 0.05) is 17.3 Å². The van der Waals surface area contributed by atoms with Gasteiger partial charge in [0.25, 0.3) is 11.8 Å². The Labute approximate surface area is 153 Å². The summed E-state index contributed by atoms with van der Waals surface area (Å²) in [7, 11) is 0. The average Bonchev–Trinajstić information content (AvgIpc) is 3.40. The molecule has 2 aromatic rings. The number of hydrogen-bond donors (Lipinski definition) is 2. The van der Waals surface area contributed by atoms with E-state index in [9.17, 15) is 9.59 Å². The van der Waals surface area contributed by atoms with Crippen LogP contribution in [0.3, 0.4) is 0 Å². The summed E-state index contributed by atoms with van der Waals surface area (Å²) in [6.07, 6.45) is 2.08. The maximum atomic E-state index is 12.3. The zero-order chi connectivity index (χ0) is 18.7. The third kappa shape index (κ3) is 4.42. The van der Waals surface area contributed by atoms with Crippen molar-refractivity contribution in [1.29, 1.82) is 0 Å². The van der Waals surface area contributed by atoms with Gasteiger partial charge in [-0.25, -0.2) is 0 Å². The van der Waals surface area contributed by atoms with Crippen LogP contribution in [-0.2, 0) is 4.79 Å². The summed E-state index contributed by atoms with van der Waals surface area (Å²) in [6, 6.07) is 11.5. The molecule has 2 amide bonds. The highest BCUT2D eigenvalue weighted by atomic mass is 16.5. The first kappa shape index (κ1) is 18.0. The second-order valence-electron chi connectivity index (χ2n) is 6.84. The molecule has 3 rings (SSSR count). The lowest BCUT2D eigenvalue weighted by Gasteiger charge is -2.13. The molecule has 1 fully saturated rings. The molecule has 0 saturated heterocycles. The first-order valence-electron chi connectivity index (χ1n) is 8.84. The minimum absolute atomic E-state index is 0.0797. The van der Waals surface area contributed by atoms with Crippen molar-refractivity contribution >= 4 is 17.5 Å². The molecule has 0 spiro atoms. The second kappa shape index (κ2) is 7.60. The third-order valence-corrected chi connectivity index (χ3v) is 4.44. The van der Waals surface area contributed by atoms with Gasteiger partial charge in [0.05, 0.1) is 0 Å². The van der Waals surface area contributed by atoms with Crippen LogP contribution in [0.25, 0.3) is 0 Å². The maximum absolute atomic E-state index is 12.3. The number of nitrogens with one attached hydrogen (secondary N) is 2. The van der Waals surface area contributed by atoms with Crippen molar-refractivity contribution in [2.45, 2.75) is 39.7 Å². The van der Waals surface area contributed by atoms with Crippen LogP contribution >= 0.6 is 0 Å². The summed E-state index contributed by atoms with van der Waals surface area (Å²) in [5, 5.41) is 5.79. The first-order chi connectivity index (χ1) is 12.4. The molecular formula is C21H24N2O3. The van der Waals surface area contributed by atoms with E-state index in [0.29, 0.717) is 17.3 Å². The number of hydrogen-bond acceptors (Lipinski definition) is 3. The van der Waals surface area contributed by atoms with E-state index in [1.807, 2.05) is 45.0 Å². The van der Waals surface area contributed by atoms with Crippen molar-refractivity contribution < 1.29 is 14.3 Å². The molecule has 2 N–H and O–H groups in total. The summed E-state index contributed by atoms with van der Waals surface area (Å²) in [5.41, 5.74) is 4.06. The van der Waals surface area contributed by atoms with E-state index >= 15 is 0 Å². The molecule has 0 radical (unpaired) electrons. The largest absolute Gasteiger partial charge is 0.483 e. The molecular weight excluding hydrogens is 328 g/mol. The normalized spacial score (nSPS) is 13.2. The minimum atomic E-state index is -0.254. The van der Waals surface area contributed by atoms with E-state index in [2.05, 4.69) is 10.6 Å². The standard InChI is InChI=1S/C21H24N2O3/c1-13-7-8-16(21(25)22-17-9-10-17)11-18(13)23-19(24)12-26-20-14(2)5-4-6-15(20)3/h4-8,11,17H,9-10,12H2,1-3H3,(H,22,25)(H,23,24). The van der Waals surface area contributed by atoms with Crippen molar-refractivity contribution in [3.8, 4) is 5.75 Å². The Morgan fingerprint density at radius 3 is 2.38 bits per heavy atom. The number of benzene rings is 2. The Morgan fingerprint density at radius 1 is 1.04 bits per heavy atom. The summed E-state index contributed by atoms with van der Waals surface area (Å²) >= 11 is 0. The molecule has 1 aliphatic rings. The van der Waals surface area contributed by atoms with Gasteiger partial charge in [0.1, 0.15) is 5.75 Å². The molecule has 0 heterocycles. The Hall–Kier alpha value is -2.82. The molecule has 0 bridgehead atoms. The average molecular weight is 352 g/mol. The van der Waals surface area contributed by atoms with E-state index in [0.717, 1.165) is 35.3 Å². The fraction of sp³-hybridized carbons (Fsp3) is 0.333. The van der Waals surface area contributed by atoms with Crippen molar-refractivity contribution in [1.82, 2.24) is 5.32 Å². The quantitative estimate of drug-likeness (QED) is 0.836. The number of amides is 2. The molecule has 1 saturated carbocycles. The molecule has 26 heavy (non-hydrogen) atoms. The smallest absolute Gasteiger partial charge is 0.262 e. The zero-order valence-corrected chi connectivity index (χ0v) is 15.4. The second-order valence-corrected chi connectivity index (χ2v) is 6.84. The Kier molecular flexibility index (Phi) is 5.26. The highest BCUT2D eigenvalue weighted by Gasteiger charge is 2.24. The molecule has 2 aromatic carbocycles. The number of para-hydroxylation sites is 1. The molecule has 5 heteroatoms. The van der Waals surface area contributed by atoms with Gasteiger partial charge >= 0.3 is 0 Å². The number of aryl methyl sites for hydroxylation is 3. The van der Waals surface area contributed by atoms with Gasteiger partial charge in [-0.05, 0) is 62.4 Å². The van der Waals surface area contributed by atoms with Gasteiger partial charge in [0.15, 0.2) is 6.61 Å². The zero-order valence-electron chi connectivity index (χ0n) is 15.4. The lowest BCUT2D eigenvalue weighted by atomic mass is 10.1. The summed E-state index contributed by atoms with van der Waals surface area (Å²) in [5.74, 6) is 0.377. The molecule has 1 aliphatic carbocycles. The summed E-state index contributed by atoms with van der Waals surface area (Å²) < 4.78 is 5.69. The van der Waals surface area contributed by atoms with Crippen molar-refractivity contribution in [3.05, 3.63) is 58.7 Å². The van der Waals surface area contributed by atoms with Crippen LogP contribution in [0.4, 0.5) is 5.69 Å². The molecule has 5 nitrogen and oxygen atoms in total. The van der Waals surface area contributed by atoms with Crippen molar-refractivity contribution in [2.75, 3.05) is 11.9 Å². The molecule has 0 atom stereocenters. The van der Waals surface area contributed by atoms with Gasteiger partial charge < -0.3 is 15.4 Å². The number of carbonyl (C=O) groups is 2. The highest BCUT2D eigenvalue weighted by molar-refractivity contribution is 5.98. The van der Waals surface area contributed by atoms with Crippen LogP contribution in [-0.4, -0.2) is 24.5 Å². The monoisotopic (exact) mass is 352 g/mol. The topological polar surface area (TPSA) is 67.4 Å². The van der Waals surface area contributed by atoms with Gasteiger partial charge in [-0.1, -0.05) is 24.3 Å². The number of carbonyl (C=O) groups excluding carboxylic acids is 2. The lowest BCUT2D eigenvalue weighted by molar-refractivity contribution is -0.118. The Bertz CT molecular complexity index is 821. The molecule has 136 valence electrons. The third-order valence-electron chi connectivity index (χ3n) is 4.44. The number of ether oxygens (including phenoxy) is 1. The molecule has 0 unspecified atom stereocenters. The van der Waals surface area contributed by atoms with E-state index in [4.69, 9.17) is 4.74 Å². The predicted molar refractivity (Wildman–Crippen MR) is 102 cm³/mol. The number of rotatable bonds is 6. The van der Waals surface area contributed by atoms with E-state index in [-0.39, 0.29) is 18.4 Å². The van der Waals surface area contributed by atoms with Crippen molar-refractivity contribution in [3.63, 3.8) is 0 Å². The number of anilines is 1. The highest BCUT2D eigenvalue weighted by Crippen LogP contribution is 2.23. The van der Waals surface area contributed by atoms with E-state index in [1.165, 1.54) is 0 Å². The Balaban J connectivity index is 1.64. The maximum Gasteiger partial charge on any atom is 0.262 e. The summed E-state index contributed by atoms with van der Waals surface area (Å²) in [4.78, 5) is 24.5. The van der Waals surface area contributed by atoms with Crippen LogP contribution in [0.2, 0.25) is 0 Å². The van der Waals surface area contributed by atoms with E-state index in [1.54, 1.807) is 12.1 Å². The van der Waals surface area contributed by atoms with Gasteiger partial charge in [-0.3, -0.25) is 9.59 Å². The van der Waals surface area contributed by atoms with E-state index < -0.39 is 0 Å². The minimum Gasteiger partial charge on any atom is -0.483 e. The van der Waals surface area contributed by atoms with Crippen LogP contribution in [0.1, 0.15) is 39.9 Å². The summed E-state index contributed by atoms with van der Waals surface area (Å²) in [6.45, 7) is 5.72. The SMILES string of the molecule is Cc1ccc(C(=O)NC2CC2)cc1NC(=O)COc1c(C)cccc1C. The predicted octanol–water partition coefficient (Wildman–Crippen LogP) is 3.52. The van der Waals surface area contributed by atoms with Crippen molar-refractivity contribution in [2.24, 2.45) is 0 Å². The van der Waals surface area contributed by atoms with Gasteiger partial charge in [-0.15, -0.1) is 0 Å². The van der Waals surface area contributed by atoms with Gasteiger partial charge in [-0.2, -0.15) is 0 Å². The molecule has 0 aromatic heterocycles.